The normalized spacial score (nSPS) is 17.9. The van der Waals surface area contributed by atoms with Crippen molar-refractivity contribution < 1.29 is 36.0 Å². The van der Waals surface area contributed by atoms with Gasteiger partial charge in [0.25, 0.3) is 0 Å². The van der Waals surface area contributed by atoms with E-state index in [1.54, 1.807) is 0 Å². The van der Waals surface area contributed by atoms with E-state index in [0.29, 0.717) is 0 Å². The lowest BCUT2D eigenvalue weighted by Gasteiger charge is -2.13. The van der Waals surface area contributed by atoms with Gasteiger partial charge in [0.2, 0.25) is 0 Å². The topological polar surface area (TPSA) is 43.2 Å². The molecule has 0 unspecified atom stereocenters. The van der Waals surface area contributed by atoms with Crippen molar-refractivity contribution in [2.75, 3.05) is 0 Å². The van der Waals surface area contributed by atoms with E-state index in [4.69, 9.17) is 0 Å². The zero-order chi connectivity index (χ0) is 11.0. The second-order valence-electron chi connectivity index (χ2n) is 1.97. The molecule has 0 atom stereocenters. The van der Waals surface area contributed by atoms with Gasteiger partial charge >= 0.3 is 24.1 Å². The molecule has 4 nitrogen and oxygen atoms in total. The average molecular weight is 222 g/mol. The summed E-state index contributed by atoms with van der Waals surface area (Å²) in [6, 6.07) is 0. The molecule has 0 spiro atoms. The van der Waals surface area contributed by atoms with Gasteiger partial charge in [0, 0.05) is 0 Å². The fraction of sp³-hybridized carbons (Fsp3) is 0.500. The number of oxime groups is 2. The monoisotopic (exact) mass is 222 g/mol. The molecule has 0 amide bonds. The fourth-order valence-electron chi connectivity index (χ4n) is 0.410. The fourth-order valence-corrected chi connectivity index (χ4v) is 0.410. The summed E-state index contributed by atoms with van der Waals surface area (Å²) >= 11 is 0. The summed E-state index contributed by atoms with van der Waals surface area (Å²) in [5, 5.41) is 4.13. The number of alkyl halides is 6. The van der Waals surface area contributed by atoms with Crippen molar-refractivity contribution in [3.63, 3.8) is 0 Å². The Morgan fingerprint density at radius 1 is 0.714 bits per heavy atom. The minimum Gasteiger partial charge on any atom is -0.324 e. The van der Waals surface area contributed by atoms with Crippen LogP contribution < -0.4 is 0 Å². The molecule has 10 heteroatoms. The maximum atomic E-state index is 11.7. The Morgan fingerprint density at radius 2 is 1.00 bits per heavy atom. The molecular weight excluding hydrogens is 222 g/mol. The zero-order valence-electron chi connectivity index (χ0n) is 5.98. The van der Waals surface area contributed by atoms with Gasteiger partial charge in [0.15, 0.2) is 0 Å². The van der Waals surface area contributed by atoms with Crippen LogP contribution in [0.5, 0.6) is 0 Å². The first-order chi connectivity index (χ1) is 6.21. The van der Waals surface area contributed by atoms with Crippen LogP contribution in [-0.4, -0.2) is 24.1 Å². The molecule has 0 N–H and O–H groups in total. The first-order valence-electron chi connectivity index (χ1n) is 2.85. The SMILES string of the molecule is FC(F)(F)C1=NOC(C(F)(F)F)=NO1. The molecule has 0 aliphatic carbocycles. The number of halogens is 6. The molecule has 1 aliphatic rings. The summed E-state index contributed by atoms with van der Waals surface area (Å²) in [6.07, 6.45) is -10.1. The molecule has 1 rings (SSSR count). The quantitative estimate of drug-likeness (QED) is 0.586. The van der Waals surface area contributed by atoms with Crippen molar-refractivity contribution in [1.29, 1.82) is 0 Å². The molecule has 0 bridgehead atoms. The van der Waals surface area contributed by atoms with E-state index >= 15 is 0 Å². The molecule has 0 aromatic rings. The van der Waals surface area contributed by atoms with E-state index in [0.717, 1.165) is 0 Å². The van der Waals surface area contributed by atoms with Gasteiger partial charge in [-0.1, -0.05) is 0 Å². The molecule has 1 aliphatic heterocycles. The van der Waals surface area contributed by atoms with Crippen LogP contribution in [0.1, 0.15) is 0 Å². The van der Waals surface area contributed by atoms with Gasteiger partial charge in [-0.3, -0.25) is 0 Å². The zero-order valence-corrected chi connectivity index (χ0v) is 5.98. The molecule has 14 heavy (non-hydrogen) atoms. The van der Waals surface area contributed by atoms with E-state index in [2.05, 4.69) is 20.0 Å². The van der Waals surface area contributed by atoms with Crippen LogP contribution in [0.25, 0.3) is 0 Å². The summed E-state index contributed by atoms with van der Waals surface area (Å²) in [6.45, 7) is 0. The smallest absolute Gasteiger partial charge is 0.324 e. The van der Waals surface area contributed by atoms with Crippen molar-refractivity contribution >= 4 is 11.8 Å². The van der Waals surface area contributed by atoms with E-state index in [1.807, 2.05) is 0 Å². The summed E-state index contributed by atoms with van der Waals surface area (Å²) in [5.74, 6) is -3.99. The van der Waals surface area contributed by atoms with E-state index in [-0.39, 0.29) is 0 Å². The lowest BCUT2D eigenvalue weighted by molar-refractivity contribution is -0.101. The summed E-state index contributed by atoms with van der Waals surface area (Å²) in [7, 11) is 0. The highest BCUT2D eigenvalue weighted by Crippen LogP contribution is 2.24. The Bertz CT molecular complexity index is 259. The highest BCUT2D eigenvalue weighted by molar-refractivity contribution is 5.88. The minimum atomic E-state index is -5.04. The Hall–Kier alpha value is -1.48. The van der Waals surface area contributed by atoms with Gasteiger partial charge in [-0.05, 0) is 10.3 Å². The number of nitrogens with zero attached hydrogens (tertiary/aromatic N) is 2. The van der Waals surface area contributed by atoms with Gasteiger partial charge in [-0.25, -0.2) is 0 Å². The second-order valence-corrected chi connectivity index (χ2v) is 1.97. The average Bonchev–Trinajstić information content (AvgIpc) is 2.01. The molecule has 0 fully saturated rings. The van der Waals surface area contributed by atoms with Crippen molar-refractivity contribution in [3.05, 3.63) is 0 Å². The van der Waals surface area contributed by atoms with Crippen molar-refractivity contribution in [3.8, 4) is 0 Å². The molecular formula is C4F6N2O2. The van der Waals surface area contributed by atoms with Gasteiger partial charge in [0.05, 0.1) is 0 Å². The molecule has 80 valence electrons. The Labute approximate surface area is 71.7 Å². The van der Waals surface area contributed by atoms with Crippen LogP contribution in [0.4, 0.5) is 26.3 Å². The summed E-state index contributed by atoms with van der Waals surface area (Å²) < 4.78 is 70.1. The molecule has 0 saturated carbocycles. The third kappa shape index (κ3) is 2.26. The maximum Gasteiger partial charge on any atom is 0.474 e. The third-order valence-electron chi connectivity index (χ3n) is 0.915. The van der Waals surface area contributed by atoms with Crippen molar-refractivity contribution in [1.82, 2.24) is 0 Å². The highest BCUT2D eigenvalue weighted by atomic mass is 19.4. The molecule has 0 radical (unpaired) electrons. The van der Waals surface area contributed by atoms with E-state index in [1.165, 1.54) is 0 Å². The maximum absolute atomic E-state index is 11.7. The van der Waals surface area contributed by atoms with Crippen LogP contribution in [0, 0.1) is 0 Å². The van der Waals surface area contributed by atoms with Crippen LogP contribution in [-0.2, 0) is 9.68 Å². The predicted octanol–water partition coefficient (Wildman–Crippen LogP) is 1.78. The van der Waals surface area contributed by atoms with Gasteiger partial charge in [0.1, 0.15) is 0 Å². The first kappa shape index (κ1) is 10.6. The van der Waals surface area contributed by atoms with Gasteiger partial charge in [-0.2, -0.15) is 26.3 Å². The Balaban J connectivity index is 2.72. The molecule has 0 aromatic carbocycles. The lowest BCUT2D eigenvalue weighted by Crippen LogP contribution is -2.33. The standard InChI is InChI=1S/C4F6N2O2/c5-3(6,7)1-11-14-2(12-13-1)4(8,9)10. The summed E-state index contributed by atoms with van der Waals surface area (Å²) in [5.41, 5.74) is 0. The molecule has 0 aromatic heterocycles. The van der Waals surface area contributed by atoms with Crippen molar-refractivity contribution in [2.45, 2.75) is 12.4 Å². The Morgan fingerprint density at radius 3 is 1.14 bits per heavy atom. The Kier molecular flexibility index (Phi) is 2.29. The number of hydrogen-bond donors (Lipinski definition) is 0. The van der Waals surface area contributed by atoms with Crippen LogP contribution in [0.2, 0.25) is 0 Å². The molecule has 0 saturated heterocycles. The first-order valence-corrected chi connectivity index (χ1v) is 2.85. The number of hydrogen-bond acceptors (Lipinski definition) is 4. The largest absolute Gasteiger partial charge is 0.474 e. The van der Waals surface area contributed by atoms with Crippen LogP contribution >= 0.6 is 0 Å². The van der Waals surface area contributed by atoms with Crippen molar-refractivity contribution in [2.24, 2.45) is 10.3 Å². The predicted molar refractivity (Wildman–Crippen MR) is 29.2 cm³/mol. The van der Waals surface area contributed by atoms with Crippen LogP contribution in [0.3, 0.4) is 0 Å². The van der Waals surface area contributed by atoms with Crippen LogP contribution in [0.15, 0.2) is 10.3 Å². The third-order valence-corrected chi connectivity index (χ3v) is 0.915. The van der Waals surface area contributed by atoms with E-state index in [9.17, 15) is 26.3 Å². The molecule has 1 heterocycles. The van der Waals surface area contributed by atoms with Gasteiger partial charge < -0.3 is 9.68 Å². The second kappa shape index (κ2) is 3.03. The number of rotatable bonds is 0. The highest BCUT2D eigenvalue weighted by Gasteiger charge is 2.46. The van der Waals surface area contributed by atoms with E-state index < -0.39 is 24.1 Å². The summed E-state index contributed by atoms with van der Waals surface area (Å²) in [4.78, 5) is 6.70. The van der Waals surface area contributed by atoms with Gasteiger partial charge in [-0.15, -0.1) is 0 Å². The lowest BCUT2D eigenvalue weighted by atomic mass is 10.6. The minimum absolute atomic E-state index is 1.99.